The van der Waals surface area contributed by atoms with Crippen LogP contribution in [0.1, 0.15) is 42.8 Å². The molecule has 0 bridgehead atoms. The van der Waals surface area contributed by atoms with Crippen LogP contribution in [0.4, 0.5) is 0 Å². The van der Waals surface area contributed by atoms with Gasteiger partial charge in [0.1, 0.15) is 5.78 Å². The van der Waals surface area contributed by atoms with E-state index in [0.29, 0.717) is 18.1 Å². The largest absolute Gasteiger partial charge is 0.299 e. The number of thiazole rings is 1. The highest BCUT2D eigenvalue weighted by molar-refractivity contribution is 7.09. The van der Waals surface area contributed by atoms with Gasteiger partial charge in [-0.25, -0.2) is 4.98 Å². The third kappa shape index (κ3) is 2.88. The molecule has 0 N–H and O–H groups in total. The average molecular weight is 223 g/mol. The fourth-order valence-electron chi connectivity index (χ4n) is 2.20. The minimum Gasteiger partial charge on any atom is -0.299 e. The fourth-order valence-corrected chi connectivity index (χ4v) is 2.98. The van der Waals surface area contributed by atoms with E-state index in [-0.39, 0.29) is 0 Å². The third-order valence-electron chi connectivity index (χ3n) is 3.06. The predicted octanol–water partition coefficient (Wildman–Crippen LogP) is 3.14. The molecule has 0 unspecified atom stereocenters. The summed E-state index contributed by atoms with van der Waals surface area (Å²) >= 11 is 1.67. The van der Waals surface area contributed by atoms with E-state index >= 15 is 0 Å². The van der Waals surface area contributed by atoms with Crippen molar-refractivity contribution >= 4 is 17.1 Å². The number of hydrogen-bond acceptors (Lipinski definition) is 3. The molecular weight excluding hydrogens is 206 g/mol. The Morgan fingerprint density at radius 2 is 2.27 bits per heavy atom. The maximum absolute atomic E-state index is 11.8. The van der Waals surface area contributed by atoms with Crippen LogP contribution < -0.4 is 0 Å². The van der Waals surface area contributed by atoms with Crippen LogP contribution in [-0.2, 0) is 11.2 Å². The van der Waals surface area contributed by atoms with Gasteiger partial charge in [0.25, 0.3) is 0 Å². The molecule has 2 nitrogen and oxygen atoms in total. The van der Waals surface area contributed by atoms with Crippen molar-refractivity contribution in [1.29, 1.82) is 0 Å². The summed E-state index contributed by atoms with van der Waals surface area (Å²) in [4.78, 5) is 16.2. The molecule has 1 heterocycles. The van der Waals surface area contributed by atoms with Gasteiger partial charge in [-0.2, -0.15) is 0 Å². The number of hydrogen-bond donors (Lipinski definition) is 0. The summed E-state index contributed by atoms with van der Waals surface area (Å²) in [5.74, 6) is 0.825. The monoisotopic (exact) mass is 223 g/mol. The molecule has 1 fully saturated rings. The van der Waals surface area contributed by atoms with E-state index in [1.807, 2.05) is 6.92 Å². The van der Waals surface area contributed by atoms with E-state index in [2.05, 4.69) is 10.4 Å². The van der Waals surface area contributed by atoms with Crippen molar-refractivity contribution in [2.24, 2.45) is 5.92 Å². The van der Waals surface area contributed by atoms with Gasteiger partial charge >= 0.3 is 0 Å². The molecule has 0 saturated heterocycles. The first-order valence-corrected chi connectivity index (χ1v) is 6.57. The maximum Gasteiger partial charge on any atom is 0.136 e. The molecule has 82 valence electrons. The highest BCUT2D eigenvalue weighted by Crippen LogP contribution is 2.27. The zero-order valence-corrected chi connectivity index (χ0v) is 9.98. The van der Waals surface area contributed by atoms with Gasteiger partial charge in [-0.15, -0.1) is 11.3 Å². The first-order valence-electron chi connectivity index (χ1n) is 5.69. The molecule has 3 heteroatoms. The Labute approximate surface area is 94.7 Å². The van der Waals surface area contributed by atoms with Gasteiger partial charge in [-0.05, 0) is 19.8 Å². The van der Waals surface area contributed by atoms with E-state index in [1.165, 1.54) is 12.8 Å². The molecule has 15 heavy (non-hydrogen) atoms. The number of nitrogens with zero attached hydrogens (tertiary/aromatic N) is 1. The maximum atomic E-state index is 11.8. The highest BCUT2D eigenvalue weighted by Gasteiger charge is 2.22. The van der Waals surface area contributed by atoms with Crippen LogP contribution in [0.25, 0.3) is 0 Å². The lowest BCUT2D eigenvalue weighted by atomic mass is 9.99. The number of aryl methyl sites for hydroxylation is 2. The van der Waals surface area contributed by atoms with Gasteiger partial charge in [0.05, 0.1) is 5.01 Å². The van der Waals surface area contributed by atoms with E-state index < -0.39 is 0 Å². The van der Waals surface area contributed by atoms with Crippen molar-refractivity contribution in [2.75, 3.05) is 0 Å². The fraction of sp³-hybridized carbons (Fsp3) is 0.667. The normalized spacial score (nSPS) is 17.1. The van der Waals surface area contributed by atoms with Gasteiger partial charge < -0.3 is 0 Å². The summed E-state index contributed by atoms with van der Waals surface area (Å²) in [6, 6.07) is 0. The Kier molecular flexibility index (Phi) is 3.52. The zero-order chi connectivity index (χ0) is 10.7. The average Bonchev–Trinajstić information content (AvgIpc) is 2.84. The molecule has 0 amide bonds. The first-order chi connectivity index (χ1) is 7.25. The number of ketones is 1. The molecule has 1 saturated carbocycles. The Morgan fingerprint density at radius 1 is 1.53 bits per heavy atom. The van der Waals surface area contributed by atoms with Crippen LogP contribution in [-0.4, -0.2) is 10.8 Å². The first kappa shape index (κ1) is 10.8. The summed E-state index contributed by atoms with van der Waals surface area (Å²) in [6.45, 7) is 2.00. The zero-order valence-electron chi connectivity index (χ0n) is 9.16. The second-order valence-corrected chi connectivity index (χ2v) is 5.27. The quantitative estimate of drug-likeness (QED) is 0.785. The number of carbonyl (C=O) groups is 1. The van der Waals surface area contributed by atoms with Crippen molar-refractivity contribution in [3.8, 4) is 0 Å². The summed E-state index contributed by atoms with van der Waals surface area (Å²) in [5.41, 5.74) is 1.07. The molecule has 2 rings (SSSR count). The van der Waals surface area contributed by atoms with Crippen LogP contribution in [0, 0.1) is 12.8 Å². The second-order valence-electron chi connectivity index (χ2n) is 4.33. The SMILES string of the molecule is Cc1csc(CCC(=O)C2CCCC2)n1. The summed E-state index contributed by atoms with van der Waals surface area (Å²) in [6.07, 6.45) is 6.26. The van der Waals surface area contributed by atoms with Gasteiger partial charge in [0.15, 0.2) is 0 Å². The molecule has 0 radical (unpaired) electrons. The number of rotatable bonds is 4. The molecule has 0 aliphatic heterocycles. The lowest BCUT2D eigenvalue weighted by molar-refractivity contribution is -0.122. The van der Waals surface area contributed by atoms with E-state index in [9.17, 15) is 4.79 Å². The summed E-state index contributed by atoms with van der Waals surface area (Å²) in [7, 11) is 0. The van der Waals surface area contributed by atoms with Crippen LogP contribution in [0.2, 0.25) is 0 Å². The topological polar surface area (TPSA) is 30.0 Å². The third-order valence-corrected chi connectivity index (χ3v) is 4.09. The van der Waals surface area contributed by atoms with Crippen molar-refractivity contribution in [3.63, 3.8) is 0 Å². The van der Waals surface area contributed by atoms with Gasteiger partial charge in [0.2, 0.25) is 0 Å². The molecule has 0 spiro atoms. The highest BCUT2D eigenvalue weighted by atomic mass is 32.1. The molecule has 1 aliphatic rings. The predicted molar refractivity (Wildman–Crippen MR) is 62.1 cm³/mol. The van der Waals surface area contributed by atoms with Crippen molar-refractivity contribution in [2.45, 2.75) is 45.4 Å². The minimum atomic E-state index is 0.367. The second kappa shape index (κ2) is 4.88. The molecule has 1 aromatic heterocycles. The van der Waals surface area contributed by atoms with Crippen molar-refractivity contribution < 1.29 is 4.79 Å². The molecule has 1 aromatic rings. The Bertz CT molecular complexity index is 339. The Hall–Kier alpha value is -0.700. The van der Waals surface area contributed by atoms with E-state index in [0.717, 1.165) is 30.0 Å². The van der Waals surface area contributed by atoms with Crippen molar-refractivity contribution in [1.82, 2.24) is 4.98 Å². The van der Waals surface area contributed by atoms with Crippen molar-refractivity contribution in [3.05, 3.63) is 16.1 Å². The van der Waals surface area contributed by atoms with Crippen LogP contribution in [0.3, 0.4) is 0 Å². The number of Topliss-reactive ketones (excluding diaryl/α,β-unsaturated/α-hetero) is 1. The van der Waals surface area contributed by atoms with Crippen LogP contribution >= 0.6 is 11.3 Å². The Morgan fingerprint density at radius 3 is 2.87 bits per heavy atom. The molecule has 1 aliphatic carbocycles. The lowest BCUT2D eigenvalue weighted by Gasteiger charge is -2.05. The van der Waals surface area contributed by atoms with Crippen LogP contribution in [0.5, 0.6) is 0 Å². The molecule has 0 atom stereocenters. The standard InChI is InChI=1S/C12H17NOS/c1-9-8-15-12(13-9)7-6-11(14)10-4-2-3-5-10/h8,10H,2-7H2,1H3. The number of carbonyl (C=O) groups excluding carboxylic acids is 1. The minimum absolute atomic E-state index is 0.367. The lowest BCUT2D eigenvalue weighted by Crippen LogP contribution is -2.11. The smallest absolute Gasteiger partial charge is 0.136 e. The number of aromatic nitrogens is 1. The molecule has 0 aromatic carbocycles. The molecular formula is C12H17NOS. The summed E-state index contributed by atoms with van der Waals surface area (Å²) in [5, 5.41) is 3.16. The van der Waals surface area contributed by atoms with Crippen LogP contribution in [0.15, 0.2) is 5.38 Å². The van der Waals surface area contributed by atoms with Gasteiger partial charge in [-0.1, -0.05) is 12.8 Å². The van der Waals surface area contributed by atoms with E-state index in [1.54, 1.807) is 11.3 Å². The summed E-state index contributed by atoms with van der Waals surface area (Å²) < 4.78 is 0. The Balaban J connectivity index is 1.80. The van der Waals surface area contributed by atoms with E-state index in [4.69, 9.17) is 0 Å². The van der Waals surface area contributed by atoms with Gasteiger partial charge in [0, 0.05) is 29.8 Å². The van der Waals surface area contributed by atoms with Gasteiger partial charge in [-0.3, -0.25) is 4.79 Å².